The number of amides is 3. The van der Waals surface area contributed by atoms with Crippen molar-refractivity contribution in [3.05, 3.63) is 77.0 Å². The van der Waals surface area contributed by atoms with Crippen LogP contribution in [-0.2, 0) is 27.3 Å². The summed E-state index contributed by atoms with van der Waals surface area (Å²) in [5.41, 5.74) is 1.75. The minimum Gasteiger partial charge on any atom is -0.508 e. The van der Waals surface area contributed by atoms with Gasteiger partial charge in [0.1, 0.15) is 40.3 Å². The van der Waals surface area contributed by atoms with Gasteiger partial charge in [-0.2, -0.15) is 9.97 Å². The Morgan fingerprint density at radius 1 is 0.853 bits per heavy atom. The number of phenols is 1. The summed E-state index contributed by atoms with van der Waals surface area (Å²) in [6, 6.07) is 11.2. The van der Waals surface area contributed by atoms with E-state index in [1.54, 1.807) is 23.2 Å². The van der Waals surface area contributed by atoms with E-state index in [9.17, 15) is 19.5 Å². The number of pyridine rings is 1. The van der Waals surface area contributed by atoms with Crippen molar-refractivity contribution in [1.82, 2.24) is 35.0 Å². The first-order valence-electron chi connectivity index (χ1n) is 27.2. The topological polar surface area (TPSA) is 157 Å². The summed E-state index contributed by atoms with van der Waals surface area (Å²) < 4.78 is 61.8. The third-order valence-corrected chi connectivity index (χ3v) is 18.3. The Kier molecular flexibility index (Phi) is 11.8. The molecule has 2 aromatic heterocycles. The average molecular weight is 1030 g/mol. The van der Waals surface area contributed by atoms with E-state index in [0.717, 1.165) is 102 Å². The molecule has 8 heterocycles. The molecule has 0 bridgehead atoms. The minimum atomic E-state index is -1.23. The van der Waals surface area contributed by atoms with Crippen LogP contribution >= 0.6 is 0 Å². The number of aryl methyl sites for hydroxylation is 1. The number of carbonyl (C=O) groups is 3. The Hall–Kier alpha value is -6.11. The van der Waals surface area contributed by atoms with Gasteiger partial charge >= 0.3 is 6.01 Å². The maximum absolute atomic E-state index is 17.3. The van der Waals surface area contributed by atoms with Crippen LogP contribution in [0.15, 0.2) is 48.7 Å². The molecule has 75 heavy (non-hydrogen) atoms. The number of nitrogens with zero attached hydrogens (tertiary/aromatic N) is 8. The molecule has 15 nitrogen and oxygen atoms in total. The van der Waals surface area contributed by atoms with Gasteiger partial charge in [-0.05, 0) is 128 Å². The van der Waals surface area contributed by atoms with E-state index in [4.69, 9.17) is 19.4 Å². The molecule has 0 unspecified atom stereocenters. The van der Waals surface area contributed by atoms with Gasteiger partial charge in [0, 0.05) is 113 Å². The number of alkyl halides is 1. The maximum Gasteiger partial charge on any atom is 0.319 e. The van der Waals surface area contributed by atoms with E-state index in [0.29, 0.717) is 98.2 Å². The monoisotopic (exact) mass is 1030 g/mol. The molecule has 2 saturated carbocycles. The normalized spacial score (nSPS) is 25.2. The number of fused-ring (bicyclic) bond motifs is 3. The van der Waals surface area contributed by atoms with Gasteiger partial charge in [-0.25, -0.2) is 13.2 Å². The molecule has 2 spiro atoms. The van der Waals surface area contributed by atoms with E-state index in [1.807, 2.05) is 25.1 Å². The molecule has 18 heteroatoms. The van der Waals surface area contributed by atoms with Gasteiger partial charge in [0.15, 0.2) is 5.82 Å². The number of nitrogens with one attached hydrogen (secondary N) is 1. The van der Waals surface area contributed by atoms with E-state index < -0.39 is 29.3 Å². The van der Waals surface area contributed by atoms with Crippen LogP contribution in [-0.4, -0.2) is 148 Å². The number of hydrogen-bond acceptors (Lipinski definition) is 13. The highest BCUT2D eigenvalue weighted by molar-refractivity contribution is 6.06. The summed E-state index contributed by atoms with van der Waals surface area (Å²) in [7, 11) is 0. The number of rotatable bonds is 12. The fourth-order valence-electron chi connectivity index (χ4n) is 13.8. The molecule has 2 atom stereocenters. The quantitative estimate of drug-likeness (QED) is 0.119. The molecule has 5 saturated heterocycles. The van der Waals surface area contributed by atoms with Crippen molar-refractivity contribution in [1.29, 1.82) is 0 Å². The summed E-state index contributed by atoms with van der Waals surface area (Å²) in [6.45, 7) is 10.7. The van der Waals surface area contributed by atoms with Crippen molar-refractivity contribution in [2.75, 3.05) is 88.5 Å². The lowest BCUT2D eigenvalue weighted by atomic mass is 9.64. The first-order chi connectivity index (χ1) is 36.2. The van der Waals surface area contributed by atoms with Crippen LogP contribution in [0.5, 0.6) is 11.8 Å². The molecule has 2 N–H and O–H groups in total. The molecular weight excluding hydrogens is 964 g/mol. The Labute approximate surface area is 433 Å². The predicted molar refractivity (Wildman–Crippen MR) is 275 cm³/mol. The fraction of sp³-hybridized carbons (Fsp3) is 0.544. The number of carbonyl (C=O) groups excluding carboxylic acids is 3. The average Bonchev–Trinajstić information content (AvgIpc) is 4.09. The van der Waals surface area contributed by atoms with Crippen LogP contribution in [0.1, 0.15) is 99.0 Å². The number of hydrogen-bond donors (Lipinski definition) is 2. The highest BCUT2D eigenvalue weighted by Gasteiger charge is 2.54. The number of aromatic nitrogens is 3. The zero-order valence-electron chi connectivity index (χ0n) is 42.6. The molecule has 13 rings (SSSR count). The highest BCUT2D eigenvalue weighted by Crippen LogP contribution is 2.53. The van der Waals surface area contributed by atoms with Gasteiger partial charge in [0.25, 0.3) is 5.91 Å². The van der Waals surface area contributed by atoms with Crippen LogP contribution < -0.4 is 19.9 Å². The minimum absolute atomic E-state index is 0.0369. The fourth-order valence-corrected chi connectivity index (χ4v) is 13.8. The molecule has 7 fully saturated rings. The molecular formula is C57H64F3N9O6. The molecule has 3 aromatic carbocycles. The van der Waals surface area contributed by atoms with Crippen molar-refractivity contribution < 1.29 is 42.1 Å². The lowest BCUT2D eigenvalue weighted by Crippen LogP contribution is -2.61. The van der Waals surface area contributed by atoms with E-state index >= 15 is 13.2 Å². The number of benzene rings is 3. The van der Waals surface area contributed by atoms with Gasteiger partial charge in [0.05, 0.1) is 24.2 Å². The third kappa shape index (κ3) is 8.81. The first-order valence-corrected chi connectivity index (χ1v) is 27.2. The number of halogens is 3. The summed E-state index contributed by atoms with van der Waals surface area (Å²) in [6.07, 6.45) is 10.1. The lowest BCUT2D eigenvalue weighted by molar-refractivity contribution is -0.151. The smallest absolute Gasteiger partial charge is 0.319 e. The predicted octanol–water partition coefficient (Wildman–Crippen LogP) is 7.48. The Bertz CT molecular complexity index is 3140. The van der Waals surface area contributed by atoms with E-state index in [2.05, 4.69) is 29.9 Å². The number of anilines is 2. The molecule has 2 aliphatic carbocycles. The van der Waals surface area contributed by atoms with Gasteiger partial charge in [-0.15, -0.1) is 0 Å². The third-order valence-electron chi connectivity index (χ3n) is 18.3. The van der Waals surface area contributed by atoms with Crippen LogP contribution in [0.3, 0.4) is 0 Å². The summed E-state index contributed by atoms with van der Waals surface area (Å²) in [4.78, 5) is 62.6. The van der Waals surface area contributed by atoms with E-state index in [1.165, 1.54) is 12.1 Å². The second-order valence-electron chi connectivity index (χ2n) is 23.4. The van der Waals surface area contributed by atoms with Crippen LogP contribution in [0, 0.1) is 22.5 Å². The first kappa shape index (κ1) is 48.5. The molecule has 8 aliphatic rings. The number of imide groups is 1. The molecule has 3 amide bonds. The Morgan fingerprint density at radius 3 is 2.39 bits per heavy atom. The molecule has 6 aliphatic heterocycles. The summed E-state index contributed by atoms with van der Waals surface area (Å²) in [5, 5.41) is 14.7. The van der Waals surface area contributed by atoms with Crippen molar-refractivity contribution in [3.63, 3.8) is 0 Å². The number of phenolic OH excluding ortho intramolecular Hbond substituents is 1. The molecule has 0 radical (unpaired) electrons. The van der Waals surface area contributed by atoms with Crippen molar-refractivity contribution >= 4 is 50.9 Å². The lowest BCUT2D eigenvalue weighted by Gasteiger charge is -2.55. The van der Waals surface area contributed by atoms with Gasteiger partial charge in [-0.3, -0.25) is 29.6 Å². The molecule has 5 aromatic rings. The van der Waals surface area contributed by atoms with Crippen LogP contribution in [0.2, 0.25) is 0 Å². The SMILES string of the molecule is CCc1c(F)ccc2cc(O)cc(-c3ncc4c(N5CCC[C@]6(CCO6)C5)nc(OCC5(CN6CC7(CCC(F)(CN8CCN(c9ccc%10c(c9)CN([C@H]9CCC(=O)NC9=O)C%10=O)CC8)CC7)C6)CC5)nc4c3F)c12. The molecule has 394 valence electrons. The summed E-state index contributed by atoms with van der Waals surface area (Å²) >= 11 is 0. The Balaban J connectivity index is 0.638. The Morgan fingerprint density at radius 2 is 1.65 bits per heavy atom. The van der Waals surface area contributed by atoms with Crippen LogP contribution in [0.25, 0.3) is 32.9 Å². The van der Waals surface area contributed by atoms with E-state index in [-0.39, 0.29) is 63.2 Å². The number of piperidine rings is 2. The van der Waals surface area contributed by atoms with Crippen molar-refractivity contribution in [3.8, 4) is 23.0 Å². The summed E-state index contributed by atoms with van der Waals surface area (Å²) in [5.74, 6) is -1.54. The van der Waals surface area contributed by atoms with Crippen molar-refractivity contribution in [2.24, 2.45) is 10.8 Å². The number of aromatic hydroxyl groups is 1. The van der Waals surface area contributed by atoms with Crippen molar-refractivity contribution in [2.45, 2.75) is 108 Å². The van der Waals surface area contributed by atoms with Gasteiger partial charge in [0.2, 0.25) is 11.8 Å². The van der Waals surface area contributed by atoms with Gasteiger partial charge < -0.3 is 34.2 Å². The zero-order valence-corrected chi connectivity index (χ0v) is 42.6. The maximum atomic E-state index is 17.3. The standard InChI is InChI=1S/C57H64F3N9O6/c1-2-39-43(58)7-4-35-25-38(70)26-41(46(35)39)48-47(59)49-42(27-61-48)50(68-18-3-10-57(33-68)17-23-75-57)64-53(63-49)74-34-55(11-12-55)31-66-29-54(30-66)13-15-56(60,16-14-54)32-65-19-21-67(22-20-65)37-5-6-40-36(24-37)28-69(52(40)73)44-8-9-45(71)62-51(44)72/h4-7,24-27,44,70H,2-3,8-23,28-34H2,1H3,(H,62,71,72)/t44-,57-/m0/s1. The van der Waals surface area contributed by atoms with Gasteiger partial charge in [-0.1, -0.05) is 13.0 Å². The number of ether oxygens (including phenoxy) is 2. The zero-order chi connectivity index (χ0) is 51.4. The number of likely N-dealkylation sites (tertiary alicyclic amines) is 1. The second kappa shape index (κ2) is 18.3. The number of piperazine rings is 1. The highest BCUT2D eigenvalue weighted by atomic mass is 19.1. The second-order valence-corrected chi connectivity index (χ2v) is 23.4. The largest absolute Gasteiger partial charge is 0.508 e. The van der Waals surface area contributed by atoms with Crippen LogP contribution in [0.4, 0.5) is 24.7 Å².